The van der Waals surface area contributed by atoms with Gasteiger partial charge in [0, 0.05) is 56.5 Å². The number of hydrogen-bond acceptors (Lipinski definition) is 5. The van der Waals surface area contributed by atoms with Crippen molar-refractivity contribution < 1.29 is 4.79 Å². The van der Waals surface area contributed by atoms with E-state index in [2.05, 4.69) is 35.8 Å². The third kappa shape index (κ3) is 3.41. The zero-order valence-electron chi connectivity index (χ0n) is 12.0. The molecule has 0 aromatic carbocycles. The molecule has 1 amide bonds. The molecule has 1 fully saturated rings. The molecule has 22 heavy (non-hydrogen) atoms. The van der Waals surface area contributed by atoms with Gasteiger partial charge >= 0.3 is 0 Å². The summed E-state index contributed by atoms with van der Waals surface area (Å²) in [5.74, 6) is 0.766. The summed E-state index contributed by atoms with van der Waals surface area (Å²) in [4.78, 5) is 29.1. The van der Waals surface area contributed by atoms with E-state index in [4.69, 9.17) is 0 Å². The summed E-state index contributed by atoms with van der Waals surface area (Å²) in [5, 5.41) is 0. The van der Waals surface area contributed by atoms with Gasteiger partial charge in [0.25, 0.3) is 5.91 Å². The minimum atomic E-state index is 0.0565. The van der Waals surface area contributed by atoms with Gasteiger partial charge in [-0.05, 0) is 34.5 Å². The van der Waals surface area contributed by atoms with Crippen LogP contribution >= 0.6 is 15.9 Å². The maximum atomic E-state index is 12.5. The Kier molecular flexibility index (Phi) is 4.62. The van der Waals surface area contributed by atoms with Crippen LogP contribution in [-0.2, 0) is 0 Å². The Hall–Kier alpha value is -2.02. The van der Waals surface area contributed by atoms with Crippen LogP contribution in [-0.4, -0.2) is 51.9 Å². The molecule has 0 aliphatic carbocycles. The van der Waals surface area contributed by atoms with Gasteiger partial charge in [0.15, 0.2) is 0 Å². The molecule has 0 spiro atoms. The molecular weight excluding hydrogens is 346 g/mol. The first-order valence-electron chi connectivity index (χ1n) is 7.16. The molecule has 6 nitrogen and oxygen atoms in total. The Bertz CT molecular complexity index is 634. The highest BCUT2D eigenvalue weighted by Gasteiger charge is 2.21. The highest BCUT2D eigenvalue weighted by Crippen LogP contribution is 2.14. The van der Waals surface area contributed by atoms with Gasteiger partial charge in [-0.2, -0.15) is 0 Å². The number of anilines is 1. The van der Waals surface area contributed by atoms with Crippen molar-refractivity contribution in [1.82, 2.24) is 19.9 Å². The van der Waals surface area contributed by atoms with Crippen LogP contribution in [0.2, 0.25) is 0 Å². The van der Waals surface area contributed by atoms with Crippen LogP contribution in [0, 0.1) is 0 Å². The van der Waals surface area contributed by atoms with Crippen molar-refractivity contribution in [2.45, 2.75) is 6.42 Å². The summed E-state index contributed by atoms with van der Waals surface area (Å²) in [6.07, 6.45) is 7.68. The molecular formula is C15H16BrN5O. The number of nitrogens with zero attached hydrogens (tertiary/aromatic N) is 5. The van der Waals surface area contributed by atoms with E-state index in [0.29, 0.717) is 18.1 Å². The lowest BCUT2D eigenvalue weighted by Crippen LogP contribution is -2.35. The molecule has 1 aliphatic rings. The van der Waals surface area contributed by atoms with E-state index in [1.165, 1.54) is 0 Å². The number of hydrogen-bond donors (Lipinski definition) is 0. The minimum Gasteiger partial charge on any atom is -0.339 e. The van der Waals surface area contributed by atoms with Gasteiger partial charge in [-0.1, -0.05) is 0 Å². The van der Waals surface area contributed by atoms with Gasteiger partial charge in [0.2, 0.25) is 5.95 Å². The summed E-state index contributed by atoms with van der Waals surface area (Å²) in [6, 6.07) is 3.51. The summed E-state index contributed by atoms with van der Waals surface area (Å²) < 4.78 is 0.862. The molecule has 114 valence electrons. The van der Waals surface area contributed by atoms with Crippen molar-refractivity contribution in [2.24, 2.45) is 0 Å². The molecule has 2 aromatic rings. The average molecular weight is 362 g/mol. The quantitative estimate of drug-likeness (QED) is 0.818. The zero-order chi connectivity index (χ0) is 15.4. The summed E-state index contributed by atoms with van der Waals surface area (Å²) in [5.41, 5.74) is 0.684. The number of carbonyl (C=O) groups is 1. The van der Waals surface area contributed by atoms with E-state index in [9.17, 15) is 4.79 Å². The van der Waals surface area contributed by atoms with Crippen molar-refractivity contribution in [3.8, 4) is 0 Å². The highest BCUT2D eigenvalue weighted by atomic mass is 79.9. The van der Waals surface area contributed by atoms with Gasteiger partial charge in [0.05, 0.1) is 4.47 Å². The smallest absolute Gasteiger partial charge is 0.254 e. The molecule has 0 saturated carbocycles. The summed E-state index contributed by atoms with van der Waals surface area (Å²) in [7, 11) is 0. The van der Waals surface area contributed by atoms with Crippen molar-refractivity contribution in [2.75, 3.05) is 31.1 Å². The Labute approximate surface area is 137 Å². The number of aromatic nitrogens is 3. The number of halogens is 1. The molecule has 3 heterocycles. The Morgan fingerprint density at radius 3 is 2.50 bits per heavy atom. The molecule has 0 atom stereocenters. The van der Waals surface area contributed by atoms with E-state index >= 15 is 0 Å². The fourth-order valence-corrected chi connectivity index (χ4v) is 2.67. The first-order chi connectivity index (χ1) is 10.7. The molecule has 2 aromatic heterocycles. The fraction of sp³-hybridized carbons (Fsp3) is 0.333. The van der Waals surface area contributed by atoms with E-state index in [-0.39, 0.29) is 5.91 Å². The number of amides is 1. The maximum Gasteiger partial charge on any atom is 0.254 e. The number of carbonyl (C=O) groups excluding carboxylic acids is 1. The maximum absolute atomic E-state index is 12.5. The van der Waals surface area contributed by atoms with Gasteiger partial charge in [-0.15, -0.1) is 0 Å². The largest absolute Gasteiger partial charge is 0.339 e. The Balaban J connectivity index is 1.67. The molecule has 0 radical (unpaired) electrons. The predicted molar refractivity (Wildman–Crippen MR) is 86.7 cm³/mol. The topological polar surface area (TPSA) is 62.2 Å². The van der Waals surface area contributed by atoms with Crippen LogP contribution in [0.5, 0.6) is 0 Å². The second-order valence-electron chi connectivity index (χ2n) is 5.07. The number of rotatable bonds is 2. The molecule has 0 N–H and O–H groups in total. The third-order valence-electron chi connectivity index (χ3n) is 3.60. The average Bonchev–Trinajstić information content (AvgIpc) is 2.82. The zero-order valence-corrected chi connectivity index (χ0v) is 13.6. The molecule has 0 bridgehead atoms. The van der Waals surface area contributed by atoms with Crippen molar-refractivity contribution in [3.63, 3.8) is 0 Å². The highest BCUT2D eigenvalue weighted by molar-refractivity contribution is 9.10. The Morgan fingerprint density at radius 1 is 1.05 bits per heavy atom. The van der Waals surface area contributed by atoms with Gasteiger partial charge in [0.1, 0.15) is 0 Å². The third-order valence-corrected chi connectivity index (χ3v) is 4.01. The molecule has 1 saturated heterocycles. The van der Waals surface area contributed by atoms with Gasteiger partial charge in [-0.3, -0.25) is 9.78 Å². The van der Waals surface area contributed by atoms with Crippen LogP contribution in [0.15, 0.2) is 41.4 Å². The fourth-order valence-electron chi connectivity index (χ4n) is 2.47. The molecule has 1 aliphatic heterocycles. The van der Waals surface area contributed by atoms with Crippen LogP contribution < -0.4 is 4.90 Å². The summed E-state index contributed by atoms with van der Waals surface area (Å²) in [6.45, 7) is 3.00. The second-order valence-corrected chi connectivity index (χ2v) is 5.99. The monoisotopic (exact) mass is 361 g/mol. The molecule has 7 heteroatoms. The van der Waals surface area contributed by atoms with Crippen molar-refractivity contribution >= 4 is 27.8 Å². The van der Waals surface area contributed by atoms with Crippen molar-refractivity contribution in [1.29, 1.82) is 0 Å². The lowest BCUT2D eigenvalue weighted by Gasteiger charge is -2.22. The van der Waals surface area contributed by atoms with Crippen LogP contribution in [0.25, 0.3) is 0 Å². The van der Waals surface area contributed by atoms with Gasteiger partial charge in [-0.25, -0.2) is 9.97 Å². The van der Waals surface area contributed by atoms with Crippen molar-refractivity contribution in [3.05, 3.63) is 47.0 Å². The standard InChI is InChI=1S/C15H16BrN5O/c16-13-10-18-15(19-11-13)21-7-1-6-20(8-9-21)14(22)12-2-4-17-5-3-12/h2-5,10-11H,1,6-9H2. The lowest BCUT2D eigenvalue weighted by atomic mass is 10.2. The van der Waals surface area contributed by atoms with E-state index in [0.717, 1.165) is 30.5 Å². The van der Waals surface area contributed by atoms with E-state index in [1.807, 2.05) is 4.90 Å². The molecule has 3 rings (SSSR count). The normalized spacial score (nSPS) is 15.5. The summed E-state index contributed by atoms with van der Waals surface area (Å²) >= 11 is 3.34. The predicted octanol–water partition coefficient (Wildman–Crippen LogP) is 1.99. The number of pyridine rings is 1. The Morgan fingerprint density at radius 2 is 1.77 bits per heavy atom. The van der Waals surface area contributed by atoms with Crippen LogP contribution in [0.3, 0.4) is 0 Å². The van der Waals surface area contributed by atoms with Gasteiger partial charge < -0.3 is 9.80 Å². The van der Waals surface area contributed by atoms with E-state index in [1.54, 1.807) is 36.9 Å². The first-order valence-corrected chi connectivity index (χ1v) is 7.95. The van der Waals surface area contributed by atoms with E-state index < -0.39 is 0 Å². The first kappa shape index (κ1) is 14.9. The van der Waals surface area contributed by atoms with Crippen LogP contribution in [0.1, 0.15) is 16.8 Å². The minimum absolute atomic E-state index is 0.0565. The second kappa shape index (κ2) is 6.83. The van der Waals surface area contributed by atoms with Crippen LogP contribution in [0.4, 0.5) is 5.95 Å². The molecule has 0 unspecified atom stereocenters. The lowest BCUT2D eigenvalue weighted by molar-refractivity contribution is 0.0767. The SMILES string of the molecule is O=C(c1ccncc1)N1CCCN(c2ncc(Br)cn2)CC1.